The van der Waals surface area contributed by atoms with Crippen LogP contribution in [0.2, 0.25) is 0 Å². The highest BCUT2D eigenvalue weighted by Gasteiger charge is 2.41. The van der Waals surface area contributed by atoms with E-state index in [0.717, 1.165) is 61.7 Å². The van der Waals surface area contributed by atoms with Gasteiger partial charge in [-0.2, -0.15) is 5.10 Å². The van der Waals surface area contributed by atoms with Gasteiger partial charge in [-0.25, -0.2) is 0 Å². The number of carbonyl (C=O) groups is 1. The largest absolute Gasteiger partial charge is 0.379 e. The van der Waals surface area contributed by atoms with Crippen LogP contribution in [0, 0.1) is 6.92 Å². The molecule has 2 aromatic carbocycles. The smallest absolute Gasteiger partial charge is 0.273 e. The van der Waals surface area contributed by atoms with Crippen LogP contribution in [0.3, 0.4) is 0 Å². The molecule has 1 aromatic heterocycles. The summed E-state index contributed by atoms with van der Waals surface area (Å²) in [4.78, 5) is 18.0. The van der Waals surface area contributed by atoms with E-state index in [2.05, 4.69) is 84.4 Å². The second-order valence-corrected chi connectivity index (χ2v) is 9.76. The Morgan fingerprint density at radius 3 is 2.41 bits per heavy atom. The number of benzene rings is 2. The zero-order chi connectivity index (χ0) is 23.7. The molecule has 2 aliphatic heterocycles. The molecule has 6 nitrogen and oxygen atoms in total. The third-order valence-electron chi connectivity index (χ3n) is 7.08. The van der Waals surface area contributed by atoms with Gasteiger partial charge in [0.2, 0.25) is 0 Å². The Morgan fingerprint density at radius 2 is 1.74 bits per heavy atom. The van der Waals surface area contributed by atoms with Gasteiger partial charge in [0, 0.05) is 37.3 Å². The molecule has 1 atom stereocenters. The molecular formula is C28H34N4O2. The van der Waals surface area contributed by atoms with Crippen molar-refractivity contribution < 1.29 is 9.53 Å². The lowest BCUT2D eigenvalue weighted by Gasteiger charge is -2.30. The van der Waals surface area contributed by atoms with Crippen LogP contribution in [0.15, 0.2) is 48.5 Å². The molecule has 3 aromatic rings. The van der Waals surface area contributed by atoms with Crippen LogP contribution in [0.4, 0.5) is 0 Å². The van der Waals surface area contributed by atoms with Crippen molar-refractivity contribution in [1.82, 2.24) is 20.0 Å². The van der Waals surface area contributed by atoms with Gasteiger partial charge in [-0.1, -0.05) is 67.9 Å². The van der Waals surface area contributed by atoms with Crippen LogP contribution in [0.5, 0.6) is 0 Å². The van der Waals surface area contributed by atoms with Crippen LogP contribution in [0.1, 0.15) is 65.0 Å². The zero-order valence-electron chi connectivity index (χ0n) is 20.4. The lowest BCUT2D eigenvalue weighted by Crippen LogP contribution is -2.38. The van der Waals surface area contributed by atoms with E-state index in [0.29, 0.717) is 18.2 Å². The number of hydrogen-bond acceptors (Lipinski definition) is 4. The van der Waals surface area contributed by atoms with Gasteiger partial charge in [0.25, 0.3) is 5.91 Å². The van der Waals surface area contributed by atoms with E-state index in [4.69, 9.17) is 4.74 Å². The highest BCUT2D eigenvalue weighted by molar-refractivity contribution is 6.00. The number of rotatable bonds is 7. The first-order chi connectivity index (χ1) is 16.5. The maximum absolute atomic E-state index is 13.6. The number of hydrogen-bond donors (Lipinski definition) is 1. The summed E-state index contributed by atoms with van der Waals surface area (Å²) in [5.74, 6) is 0.511. The van der Waals surface area contributed by atoms with Gasteiger partial charge in [0.05, 0.1) is 24.9 Å². The molecule has 0 aliphatic carbocycles. The van der Waals surface area contributed by atoms with Crippen molar-refractivity contribution in [2.45, 2.75) is 39.2 Å². The first kappa shape index (κ1) is 22.8. The molecule has 1 N–H and O–H groups in total. The number of ether oxygens (including phenoxy) is 1. The summed E-state index contributed by atoms with van der Waals surface area (Å²) < 4.78 is 5.47. The fraction of sp³-hybridized carbons (Fsp3) is 0.429. The normalized spacial score (nSPS) is 18.6. The molecule has 5 rings (SSSR count). The van der Waals surface area contributed by atoms with Gasteiger partial charge in [-0.3, -0.25) is 14.8 Å². The summed E-state index contributed by atoms with van der Waals surface area (Å²) in [5.41, 5.74) is 7.18. The number of amides is 1. The molecule has 0 bridgehead atoms. The summed E-state index contributed by atoms with van der Waals surface area (Å²) in [6.07, 6.45) is 0.934. The summed E-state index contributed by atoms with van der Waals surface area (Å²) >= 11 is 0. The summed E-state index contributed by atoms with van der Waals surface area (Å²) in [5, 5.41) is 7.68. The molecule has 1 fully saturated rings. The Labute approximate surface area is 201 Å². The van der Waals surface area contributed by atoms with Crippen molar-refractivity contribution in [3.8, 4) is 11.3 Å². The number of aromatic amines is 1. The molecular weight excluding hydrogens is 424 g/mol. The monoisotopic (exact) mass is 458 g/mol. The van der Waals surface area contributed by atoms with Gasteiger partial charge < -0.3 is 9.64 Å². The lowest BCUT2D eigenvalue weighted by molar-refractivity contribution is 0.0354. The number of H-pyrrole nitrogens is 1. The molecule has 0 saturated carbocycles. The zero-order valence-corrected chi connectivity index (χ0v) is 20.4. The highest BCUT2D eigenvalue weighted by atomic mass is 16.5. The minimum Gasteiger partial charge on any atom is -0.379 e. The summed E-state index contributed by atoms with van der Waals surface area (Å²) in [6.45, 7) is 11.7. The van der Waals surface area contributed by atoms with Crippen molar-refractivity contribution in [2.24, 2.45) is 0 Å². The van der Waals surface area contributed by atoms with Gasteiger partial charge in [-0.05, 0) is 30.4 Å². The van der Waals surface area contributed by atoms with Crippen LogP contribution in [-0.2, 0) is 4.74 Å². The third-order valence-corrected chi connectivity index (χ3v) is 7.08. The quantitative estimate of drug-likeness (QED) is 0.554. The van der Waals surface area contributed by atoms with Crippen LogP contribution in [-0.4, -0.2) is 65.3 Å². The first-order valence-corrected chi connectivity index (χ1v) is 12.4. The SMILES string of the molecule is Cc1ccc(-c2n[nH]c3c2C(c2ccc(C(C)C)cc2)N(CCCN2CCOCC2)C3=O)cc1. The Hall–Kier alpha value is -2.96. The number of nitrogens with one attached hydrogen (secondary N) is 1. The summed E-state index contributed by atoms with van der Waals surface area (Å²) in [6, 6.07) is 17.0. The minimum atomic E-state index is -0.136. The molecule has 34 heavy (non-hydrogen) atoms. The van der Waals surface area contributed by atoms with Crippen LogP contribution >= 0.6 is 0 Å². The number of morpholine rings is 1. The van der Waals surface area contributed by atoms with Gasteiger partial charge in [-0.15, -0.1) is 0 Å². The Morgan fingerprint density at radius 1 is 1.03 bits per heavy atom. The molecule has 0 radical (unpaired) electrons. The highest BCUT2D eigenvalue weighted by Crippen LogP contribution is 2.43. The van der Waals surface area contributed by atoms with Gasteiger partial charge in [0.1, 0.15) is 5.69 Å². The molecule has 6 heteroatoms. The second-order valence-electron chi connectivity index (χ2n) is 9.76. The predicted molar refractivity (Wildman–Crippen MR) is 134 cm³/mol. The van der Waals surface area contributed by atoms with E-state index < -0.39 is 0 Å². The Balaban J connectivity index is 1.47. The van der Waals surface area contributed by atoms with Crippen LogP contribution < -0.4 is 0 Å². The Kier molecular flexibility index (Phi) is 6.53. The topological polar surface area (TPSA) is 61.5 Å². The van der Waals surface area contributed by atoms with E-state index in [1.54, 1.807) is 0 Å². The number of aryl methyl sites for hydroxylation is 1. The van der Waals surface area contributed by atoms with Crippen molar-refractivity contribution in [1.29, 1.82) is 0 Å². The summed E-state index contributed by atoms with van der Waals surface area (Å²) in [7, 11) is 0. The maximum atomic E-state index is 13.6. The predicted octanol–water partition coefficient (Wildman–Crippen LogP) is 4.78. The van der Waals surface area contributed by atoms with E-state index >= 15 is 0 Å². The van der Waals surface area contributed by atoms with E-state index in [1.165, 1.54) is 11.1 Å². The number of nitrogens with zero attached hydrogens (tertiary/aromatic N) is 3. The molecule has 1 unspecified atom stereocenters. The van der Waals surface area contributed by atoms with Gasteiger partial charge >= 0.3 is 0 Å². The fourth-order valence-corrected chi connectivity index (χ4v) is 5.06. The maximum Gasteiger partial charge on any atom is 0.273 e. The van der Waals surface area contributed by atoms with Crippen molar-refractivity contribution >= 4 is 5.91 Å². The third kappa shape index (κ3) is 4.40. The van der Waals surface area contributed by atoms with E-state index in [9.17, 15) is 4.79 Å². The van der Waals surface area contributed by atoms with Crippen molar-refractivity contribution in [2.75, 3.05) is 39.4 Å². The molecule has 1 amide bonds. The molecule has 2 aliphatic rings. The van der Waals surface area contributed by atoms with Gasteiger partial charge in [0.15, 0.2) is 0 Å². The lowest BCUT2D eigenvalue weighted by atomic mass is 9.93. The number of carbonyl (C=O) groups excluding carboxylic acids is 1. The Bertz CT molecular complexity index is 1130. The van der Waals surface area contributed by atoms with E-state index in [1.807, 2.05) is 4.90 Å². The van der Waals surface area contributed by atoms with Crippen molar-refractivity contribution in [3.05, 3.63) is 76.5 Å². The molecule has 178 valence electrons. The second kappa shape index (κ2) is 9.72. The average Bonchev–Trinajstić information content (AvgIpc) is 3.39. The van der Waals surface area contributed by atoms with Crippen molar-refractivity contribution in [3.63, 3.8) is 0 Å². The van der Waals surface area contributed by atoms with E-state index in [-0.39, 0.29) is 11.9 Å². The first-order valence-electron chi connectivity index (χ1n) is 12.4. The van der Waals surface area contributed by atoms with Crippen LogP contribution in [0.25, 0.3) is 11.3 Å². The molecule has 1 saturated heterocycles. The minimum absolute atomic E-state index is 0.0424. The molecule has 0 spiro atoms. The average molecular weight is 459 g/mol. The number of fused-ring (bicyclic) bond motifs is 1. The number of aromatic nitrogens is 2. The molecule has 3 heterocycles. The standard InChI is InChI=1S/C28H34N4O2/c1-19(2)21-9-11-23(12-10-21)27-24-25(22-7-5-20(3)6-8-22)29-30-26(24)28(33)32(27)14-4-13-31-15-17-34-18-16-31/h5-12,19,27H,4,13-18H2,1-3H3,(H,29,30). The fourth-order valence-electron chi connectivity index (χ4n) is 5.06.